The number of aliphatic hydroxyl groups is 3. The zero-order chi connectivity index (χ0) is 17.9. The summed E-state index contributed by atoms with van der Waals surface area (Å²) in [6.45, 7) is 3.40. The highest BCUT2D eigenvalue weighted by atomic mass is 35.5. The third kappa shape index (κ3) is 4.62. The summed E-state index contributed by atoms with van der Waals surface area (Å²) in [5.41, 5.74) is -0.465. The van der Waals surface area contributed by atoms with Crippen LogP contribution in [0.15, 0.2) is 24.3 Å². The molecule has 1 aliphatic rings. The monoisotopic (exact) mass is 376 g/mol. The molecule has 0 spiro atoms. The fraction of sp³-hybridized carbons (Fsp3) is 0.562. The lowest BCUT2D eigenvalue weighted by molar-refractivity contribution is -0.206. The topological polar surface area (TPSA) is 96.2 Å². The van der Waals surface area contributed by atoms with Gasteiger partial charge in [0.05, 0.1) is 12.2 Å². The van der Waals surface area contributed by atoms with Crippen LogP contribution in [-0.4, -0.2) is 63.0 Å². The van der Waals surface area contributed by atoms with Crippen LogP contribution in [0.25, 0.3) is 0 Å². The number of carbonyl (C=O) groups excluding carboxylic acids is 1. The summed E-state index contributed by atoms with van der Waals surface area (Å²) in [7, 11) is 0. The van der Waals surface area contributed by atoms with E-state index >= 15 is 0 Å². The smallest absolute Gasteiger partial charge is 0.338 e. The van der Waals surface area contributed by atoms with Crippen LogP contribution in [0, 0.1) is 0 Å². The van der Waals surface area contributed by atoms with E-state index in [0.29, 0.717) is 5.02 Å². The van der Waals surface area contributed by atoms with Crippen molar-refractivity contribution in [1.29, 1.82) is 0 Å². The van der Waals surface area contributed by atoms with Crippen molar-refractivity contribution in [1.82, 2.24) is 0 Å². The molecule has 0 radical (unpaired) electrons. The number of esters is 1. The summed E-state index contributed by atoms with van der Waals surface area (Å²) in [6, 6.07) is 6.07. The maximum Gasteiger partial charge on any atom is 0.338 e. The second kappa shape index (κ2) is 8.51. The van der Waals surface area contributed by atoms with Crippen LogP contribution in [-0.2, 0) is 9.47 Å². The van der Waals surface area contributed by atoms with E-state index in [9.17, 15) is 20.1 Å². The van der Waals surface area contributed by atoms with Crippen molar-refractivity contribution in [3.8, 4) is 0 Å². The molecule has 0 bridgehead atoms. The number of carbonyl (C=O) groups is 1. The van der Waals surface area contributed by atoms with Crippen LogP contribution in [0.4, 0.5) is 0 Å². The predicted octanol–water partition coefficient (Wildman–Crippen LogP) is 1.45. The molecule has 2 rings (SSSR count). The summed E-state index contributed by atoms with van der Waals surface area (Å²) in [5.74, 6) is -0.693. The molecule has 0 amide bonds. The fourth-order valence-electron chi connectivity index (χ4n) is 2.35. The van der Waals surface area contributed by atoms with Gasteiger partial charge in [0, 0.05) is 10.3 Å². The average molecular weight is 377 g/mol. The molecule has 0 unspecified atom stereocenters. The Balaban J connectivity index is 2.14. The van der Waals surface area contributed by atoms with Crippen molar-refractivity contribution >= 4 is 29.3 Å². The molecule has 3 N–H and O–H groups in total. The van der Waals surface area contributed by atoms with Crippen LogP contribution in [0.1, 0.15) is 24.2 Å². The van der Waals surface area contributed by atoms with Crippen molar-refractivity contribution in [3.63, 3.8) is 0 Å². The Labute approximate surface area is 149 Å². The molecule has 8 heteroatoms. The van der Waals surface area contributed by atoms with Crippen molar-refractivity contribution in [2.24, 2.45) is 0 Å². The standard InChI is InChI=1S/C16H21ClO6S/c1-8(2)24-16-13(20)14(12(19)11(7-18)22-16)23-15(21)9-3-5-10(17)6-4-9/h3-6,8,11-14,16,18-20H,7H2,1-2H3/t11-,12+,13-,14+,16+/m1/s1. The van der Waals surface area contributed by atoms with E-state index < -0.39 is 42.4 Å². The predicted molar refractivity (Wildman–Crippen MR) is 91.1 cm³/mol. The van der Waals surface area contributed by atoms with Crippen molar-refractivity contribution in [2.45, 2.75) is 48.9 Å². The number of halogens is 1. The van der Waals surface area contributed by atoms with Gasteiger partial charge in [0.25, 0.3) is 0 Å². The first kappa shape index (κ1) is 19.5. The number of ether oxygens (including phenoxy) is 2. The number of hydrogen-bond acceptors (Lipinski definition) is 7. The highest BCUT2D eigenvalue weighted by Crippen LogP contribution is 2.32. The number of hydrogen-bond donors (Lipinski definition) is 3. The van der Waals surface area contributed by atoms with Gasteiger partial charge in [-0.1, -0.05) is 25.4 Å². The van der Waals surface area contributed by atoms with Gasteiger partial charge in [-0.15, -0.1) is 11.8 Å². The lowest BCUT2D eigenvalue weighted by atomic mass is 10.00. The highest BCUT2D eigenvalue weighted by molar-refractivity contribution is 8.00. The first-order valence-electron chi connectivity index (χ1n) is 7.58. The summed E-state index contributed by atoms with van der Waals surface area (Å²) in [5, 5.41) is 30.6. The molecule has 24 heavy (non-hydrogen) atoms. The largest absolute Gasteiger partial charge is 0.453 e. The molecule has 1 saturated heterocycles. The quantitative estimate of drug-likeness (QED) is 0.669. The summed E-state index contributed by atoms with van der Waals surface area (Å²) in [4.78, 5) is 12.2. The van der Waals surface area contributed by atoms with Gasteiger partial charge >= 0.3 is 5.97 Å². The SMILES string of the molecule is CC(C)S[C@@H]1O[C@H](CO)[C@H](O)[C@H](OC(=O)c2ccc(Cl)cc2)[C@H]1O. The molecule has 0 saturated carbocycles. The minimum absolute atomic E-state index is 0.145. The Morgan fingerprint density at radius 2 is 1.92 bits per heavy atom. The zero-order valence-corrected chi connectivity index (χ0v) is 14.9. The second-order valence-corrected chi connectivity index (χ2v) is 7.88. The molecule has 5 atom stereocenters. The zero-order valence-electron chi connectivity index (χ0n) is 13.3. The third-order valence-electron chi connectivity index (χ3n) is 3.55. The number of rotatable bonds is 5. The molecule has 6 nitrogen and oxygen atoms in total. The van der Waals surface area contributed by atoms with Crippen molar-refractivity contribution in [3.05, 3.63) is 34.9 Å². The summed E-state index contributed by atoms with van der Waals surface area (Å²) < 4.78 is 10.8. The molecular weight excluding hydrogens is 356 g/mol. The van der Waals surface area contributed by atoms with Gasteiger partial charge in [0.1, 0.15) is 23.7 Å². The van der Waals surface area contributed by atoms with Gasteiger partial charge < -0.3 is 24.8 Å². The minimum atomic E-state index is -1.33. The van der Waals surface area contributed by atoms with Crippen LogP contribution in [0.3, 0.4) is 0 Å². The fourth-order valence-corrected chi connectivity index (χ4v) is 3.54. The molecule has 1 aromatic carbocycles. The first-order chi connectivity index (χ1) is 11.3. The second-order valence-electron chi connectivity index (χ2n) is 5.77. The van der Waals surface area contributed by atoms with Gasteiger partial charge in [0.2, 0.25) is 0 Å². The van der Waals surface area contributed by atoms with Gasteiger partial charge in [-0.25, -0.2) is 4.79 Å². The molecule has 0 aliphatic carbocycles. The number of thioether (sulfide) groups is 1. The maximum atomic E-state index is 12.2. The number of aliphatic hydroxyl groups excluding tert-OH is 3. The van der Waals surface area contributed by atoms with Crippen LogP contribution < -0.4 is 0 Å². The molecule has 1 heterocycles. The van der Waals surface area contributed by atoms with Crippen LogP contribution >= 0.6 is 23.4 Å². The van der Waals surface area contributed by atoms with E-state index in [-0.39, 0.29) is 10.8 Å². The van der Waals surface area contributed by atoms with E-state index in [1.807, 2.05) is 13.8 Å². The lowest BCUT2D eigenvalue weighted by Crippen LogP contribution is -2.59. The first-order valence-corrected chi connectivity index (χ1v) is 8.90. The summed E-state index contributed by atoms with van der Waals surface area (Å²) in [6.07, 6.45) is -4.68. The average Bonchev–Trinajstić information content (AvgIpc) is 2.54. The molecule has 1 aromatic rings. The molecule has 134 valence electrons. The highest BCUT2D eigenvalue weighted by Gasteiger charge is 2.47. The Kier molecular flexibility index (Phi) is 6.91. The van der Waals surface area contributed by atoms with Crippen molar-refractivity contribution in [2.75, 3.05) is 6.61 Å². The van der Waals surface area contributed by atoms with Gasteiger partial charge in [-0.2, -0.15) is 0 Å². The van der Waals surface area contributed by atoms with Gasteiger partial charge in [-0.05, 0) is 24.3 Å². The molecular formula is C16H21ClO6S. The van der Waals surface area contributed by atoms with E-state index in [0.717, 1.165) is 0 Å². The van der Waals surface area contributed by atoms with E-state index in [1.165, 1.54) is 23.9 Å². The summed E-state index contributed by atoms with van der Waals surface area (Å²) >= 11 is 7.11. The van der Waals surface area contributed by atoms with Gasteiger partial charge in [0.15, 0.2) is 6.10 Å². The molecule has 1 fully saturated rings. The lowest BCUT2D eigenvalue weighted by Gasteiger charge is -2.41. The normalized spacial score (nSPS) is 30.4. The number of benzene rings is 1. The van der Waals surface area contributed by atoms with Gasteiger partial charge in [-0.3, -0.25) is 0 Å². The Bertz CT molecular complexity index is 552. The third-order valence-corrected chi connectivity index (χ3v) is 5.01. The molecule has 1 aliphatic heterocycles. The Morgan fingerprint density at radius 3 is 2.46 bits per heavy atom. The van der Waals surface area contributed by atoms with E-state index in [4.69, 9.17) is 21.1 Å². The minimum Gasteiger partial charge on any atom is -0.453 e. The maximum absolute atomic E-state index is 12.2. The van der Waals surface area contributed by atoms with Crippen LogP contribution in [0.5, 0.6) is 0 Å². The van der Waals surface area contributed by atoms with E-state index in [2.05, 4.69) is 0 Å². The molecule has 0 aromatic heterocycles. The van der Waals surface area contributed by atoms with E-state index in [1.54, 1.807) is 12.1 Å². The van der Waals surface area contributed by atoms with Crippen molar-refractivity contribution < 1.29 is 29.6 Å². The van der Waals surface area contributed by atoms with Crippen LogP contribution in [0.2, 0.25) is 5.02 Å². The Hall–Kier alpha value is -0.830. The Morgan fingerprint density at radius 1 is 1.29 bits per heavy atom.